The molecule has 1 aromatic heterocycles. The molecule has 0 radical (unpaired) electrons. The Morgan fingerprint density at radius 2 is 2.29 bits per heavy atom. The number of urea groups is 1. The second-order valence-corrected chi connectivity index (χ2v) is 3.64. The fraction of sp³-hybridized carbons (Fsp3) is 0.455. The highest BCUT2D eigenvalue weighted by atomic mass is 16.4. The topological polar surface area (TPSA) is 91.6 Å². The lowest BCUT2D eigenvalue weighted by molar-refractivity contribution is -0.139. The molecule has 1 atom stereocenters. The lowest BCUT2D eigenvalue weighted by Gasteiger charge is -2.13. The number of rotatable bonds is 6. The highest BCUT2D eigenvalue weighted by molar-refractivity contribution is 5.82. The van der Waals surface area contributed by atoms with Gasteiger partial charge in [-0.25, -0.2) is 9.59 Å². The van der Waals surface area contributed by atoms with Crippen molar-refractivity contribution in [2.24, 2.45) is 0 Å². The number of hydrogen-bond acceptors (Lipinski definition) is 3. The van der Waals surface area contributed by atoms with E-state index in [4.69, 9.17) is 9.52 Å². The molecular weight excluding hydrogens is 224 g/mol. The summed E-state index contributed by atoms with van der Waals surface area (Å²) in [5.41, 5.74) is 0.822. The largest absolute Gasteiger partial charge is 0.480 e. The lowest BCUT2D eigenvalue weighted by Crippen LogP contribution is -2.45. The Hall–Kier alpha value is -1.98. The molecule has 0 aliphatic carbocycles. The first-order valence-corrected chi connectivity index (χ1v) is 5.41. The SMILES string of the molecule is CCC[C@H](NC(=O)NCc1ccoc1)C(=O)O. The van der Waals surface area contributed by atoms with Gasteiger partial charge >= 0.3 is 12.0 Å². The minimum Gasteiger partial charge on any atom is -0.480 e. The Balaban J connectivity index is 2.34. The summed E-state index contributed by atoms with van der Waals surface area (Å²) in [4.78, 5) is 22.2. The minimum atomic E-state index is -1.02. The van der Waals surface area contributed by atoms with E-state index in [1.807, 2.05) is 6.92 Å². The Morgan fingerprint density at radius 3 is 2.82 bits per heavy atom. The zero-order valence-corrected chi connectivity index (χ0v) is 9.60. The van der Waals surface area contributed by atoms with E-state index in [0.717, 1.165) is 5.56 Å². The van der Waals surface area contributed by atoms with Crippen LogP contribution in [0.15, 0.2) is 23.0 Å². The average molecular weight is 240 g/mol. The van der Waals surface area contributed by atoms with Crippen molar-refractivity contribution in [3.8, 4) is 0 Å². The Labute approximate surface area is 99.0 Å². The Bertz CT molecular complexity index is 362. The number of nitrogens with one attached hydrogen (secondary N) is 2. The van der Waals surface area contributed by atoms with Crippen molar-refractivity contribution in [3.63, 3.8) is 0 Å². The van der Waals surface area contributed by atoms with E-state index in [2.05, 4.69) is 10.6 Å². The molecule has 0 bridgehead atoms. The van der Waals surface area contributed by atoms with Gasteiger partial charge in [-0.3, -0.25) is 0 Å². The average Bonchev–Trinajstić information content (AvgIpc) is 2.78. The van der Waals surface area contributed by atoms with Gasteiger partial charge in [0.05, 0.1) is 12.5 Å². The fourth-order valence-corrected chi connectivity index (χ4v) is 1.33. The van der Waals surface area contributed by atoms with Crippen molar-refractivity contribution in [2.75, 3.05) is 0 Å². The van der Waals surface area contributed by atoms with Crippen LogP contribution < -0.4 is 10.6 Å². The van der Waals surface area contributed by atoms with Gasteiger partial charge in [-0.2, -0.15) is 0 Å². The molecule has 6 heteroatoms. The summed E-state index contributed by atoms with van der Waals surface area (Å²) in [5.74, 6) is -1.02. The molecule has 0 aliphatic rings. The van der Waals surface area contributed by atoms with Crippen molar-refractivity contribution in [2.45, 2.75) is 32.4 Å². The van der Waals surface area contributed by atoms with Gasteiger partial charge in [0.2, 0.25) is 0 Å². The maximum absolute atomic E-state index is 11.4. The molecule has 94 valence electrons. The number of carbonyl (C=O) groups is 2. The molecule has 2 amide bonds. The van der Waals surface area contributed by atoms with Crippen LogP contribution in [0.2, 0.25) is 0 Å². The number of furan rings is 1. The van der Waals surface area contributed by atoms with Gasteiger partial charge in [0.1, 0.15) is 6.04 Å². The molecule has 6 nitrogen and oxygen atoms in total. The van der Waals surface area contributed by atoms with Gasteiger partial charge in [0.15, 0.2) is 0 Å². The summed E-state index contributed by atoms with van der Waals surface area (Å²) < 4.78 is 4.84. The van der Waals surface area contributed by atoms with Crippen LogP contribution in [0.5, 0.6) is 0 Å². The first-order chi connectivity index (χ1) is 8.13. The Morgan fingerprint density at radius 1 is 1.53 bits per heavy atom. The van der Waals surface area contributed by atoms with E-state index < -0.39 is 18.0 Å². The Kier molecular flexibility index (Phi) is 5.06. The van der Waals surface area contributed by atoms with Crippen LogP contribution in [0.25, 0.3) is 0 Å². The fourth-order valence-electron chi connectivity index (χ4n) is 1.33. The van der Waals surface area contributed by atoms with E-state index in [-0.39, 0.29) is 0 Å². The summed E-state index contributed by atoms with van der Waals surface area (Å²) in [6.07, 6.45) is 4.13. The normalized spacial score (nSPS) is 11.8. The maximum atomic E-state index is 11.4. The summed E-state index contributed by atoms with van der Waals surface area (Å²) >= 11 is 0. The second-order valence-electron chi connectivity index (χ2n) is 3.64. The molecule has 0 aromatic carbocycles. The van der Waals surface area contributed by atoms with Gasteiger partial charge in [-0.05, 0) is 12.5 Å². The van der Waals surface area contributed by atoms with Gasteiger partial charge < -0.3 is 20.2 Å². The third kappa shape index (κ3) is 4.58. The van der Waals surface area contributed by atoms with Crippen molar-refractivity contribution >= 4 is 12.0 Å². The monoisotopic (exact) mass is 240 g/mol. The molecule has 1 aromatic rings. The molecule has 0 saturated carbocycles. The van der Waals surface area contributed by atoms with Gasteiger partial charge in [0.25, 0.3) is 0 Å². The zero-order valence-electron chi connectivity index (χ0n) is 9.60. The number of carboxylic acid groups (broad SMARTS) is 1. The second kappa shape index (κ2) is 6.57. The van der Waals surface area contributed by atoms with Crippen LogP contribution >= 0.6 is 0 Å². The van der Waals surface area contributed by atoms with Gasteiger partial charge in [0, 0.05) is 12.1 Å². The van der Waals surface area contributed by atoms with Gasteiger partial charge in [-0.15, -0.1) is 0 Å². The van der Waals surface area contributed by atoms with Crippen LogP contribution in [0.4, 0.5) is 4.79 Å². The summed E-state index contributed by atoms with van der Waals surface area (Å²) in [7, 11) is 0. The molecule has 0 fully saturated rings. The van der Waals surface area contributed by atoms with Crippen molar-refractivity contribution in [3.05, 3.63) is 24.2 Å². The summed E-state index contributed by atoms with van der Waals surface area (Å²) in [5, 5.41) is 13.8. The molecule has 0 aliphatic heterocycles. The van der Waals surface area contributed by atoms with E-state index in [9.17, 15) is 9.59 Å². The quantitative estimate of drug-likeness (QED) is 0.699. The lowest BCUT2D eigenvalue weighted by atomic mass is 10.2. The molecular formula is C11H16N2O4. The number of carbonyl (C=O) groups excluding carboxylic acids is 1. The molecule has 1 rings (SSSR count). The first-order valence-electron chi connectivity index (χ1n) is 5.41. The molecule has 17 heavy (non-hydrogen) atoms. The zero-order chi connectivity index (χ0) is 12.7. The number of carboxylic acids is 1. The molecule has 0 saturated heterocycles. The predicted molar refractivity (Wildman–Crippen MR) is 60.4 cm³/mol. The van der Waals surface area contributed by atoms with Crippen LogP contribution in [-0.4, -0.2) is 23.1 Å². The van der Waals surface area contributed by atoms with E-state index >= 15 is 0 Å². The number of aliphatic carboxylic acids is 1. The standard InChI is InChI=1S/C11H16N2O4/c1-2-3-9(10(14)15)13-11(16)12-6-8-4-5-17-7-8/h4-5,7,9H,2-3,6H2,1H3,(H,14,15)(H2,12,13,16)/t9-/m0/s1. The summed E-state index contributed by atoms with van der Waals surface area (Å²) in [6.45, 7) is 2.17. The van der Waals surface area contributed by atoms with Crippen LogP contribution in [0.1, 0.15) is 25.3 Å². The predicted octanol–water partition coefficient (Wildman–Crippen LogP) is 1.33. The maximum Gasteiger partial charge on any atom is 0.326 e. The van der Waals surface area contributed by atoms with E-state index in [0.29, 0.717) is 19.4 Å². The van der Waals surface area contributed by atoms with E-state index in [1.54, 1.807) is 6.07 Å². The first kappa shape index (κ1) is 13.1. The van der Waals surface area contributed by atoms with Crippen LogP contribution in [0, 0.1) is 0 Å². The number of hydrogen-bond donors (Lipinski definition) is 3. The summed E-state index contributed by atoms with van der Waals surface area (Å²) in [6, 6.07) is 0.387. The smallest absolute Gasteiger partial charge is 0.326 e. The van der Waals surface area contributed by atoms with Crippen molar-refractivity contribution in [1.29, 1.82) is 0 Å². The molecule has 0 spiro atoms. The number of amides is 2. The third-order valence-electron chi connectivity index (χ3n) is 2.21. The highest BCUT2D eigenvalue weighted by Gasteiger charge is 2.18. The van der Waals surface area contributed by atoms with Crippen molar-refractivity contribution in [1.82, 2.24) is 10.6 Å². The van der Waals surface area contributed by atoms with E-state index in [1.165, 1.54) is 12.5 Å². The van der Waals surface area contributed by atoms with Crippen LogP contribution in [0.3, 0.4) is 0 Å². The van der Waals surface area contributed by atoms with Crippen LogP contribution in [-0.2, 0) is 11.3 Å². The highest BCUT2D eigenvalue weighted by Crippen LogP contribution is 1.99. The minimum absolute atomic E-state index is 0.306. The molecule has 0 unspecified atom stereocenters. The van der Waals surface area contributed by atoms with Gasteiger partial charge in [-0.1, -0.05) is 13.3 Å². The van der Waals surface area contributed by atoms with Crippen molar-refractivity contribution < 1.29 is 19.1 Å². The third-order valence-corrected chi connectivity index (χ3v) is 2.21. The molecule has 1 heterocycles. The molecule has 3 N–H and O–H groups in total.